The van der Waals surface area contributed by atoms with Gasteiger partial charge < -0.3 is 0 Å². The number of hydrogen-bond donors (Lipinski definition) is 0. The van der Waals surface area contributed by atoms with Crippen molar-refractivity contribution in [2.45, 2.75) is 20.8 Å². The lowest BCUT2D eigenvalue weighted by Crippen LogP contribution is -2.17. The minimum Gasteiger partial charge on any atom is -0.294 e. The summed E-state index contributed by atoms with van der Waals surface area (Å²) < 4.78 is 11.5. The van der Waals surface area contributed by atoms with Crippen LogP contribution in [0.2, 0.25) is 0 Å². The van der Waals surface area contributed by atoms with Crippen molar-refractivity contribution in [3.8, 4) is 0 Å². The summed E-state index contributed by atoms with van der Waals surface area (Å²) in [5.41, 5.74) is -0.383. The molecule has 10 heavy (non-hydrogen) atoms. The van der Waals surface area contributed by atoms with Gasteiger partial charge in [0.25, 0.3) is 0 Å². The van der Waals surface area contributed by atoms with Gasteiger partial charge in [-0.15, -0.1) is 0 Å². The molecule has 0 spiro atoms. The molecule has 0 fully saturated rings. The number of rotatable bonds is 2. The van der Waals surface area contributed by atoms with E-state index in [1.165, 1.54) is 12.2 Å². The van der Waals surface area contributed by atoms with Gasteiger partial charge in [0.2, 0.25) is 0 Å². The monoisotopic (exact) mass is 144 g/mol. The maximum Gasteiger partial charge on any atom is 0.160 e. The van der Waals surface area contributed by atoms with Crippen LogP contribution < -0.4 is 0 Å². The van der Waals surface area contributed by atoms with E-state index in [1.807, 2.05) is 0 Å². The molecule has 0 atom stereocenters. The number of carbonyl (C=O) groups is 1. The first-order valence-corrected chi connectivity index (χ1v) is 3.25. The van der Waals surface area contributed by atoms with Gasteiger partial charge in [0.1, 0.15) is 6.67 Å². The Morgan fingerprint density at radius 3 is 2.30 bits per heavy atom. The maximum atomic E-state index is 11.5. The highest BCUT2D eigenvalue weighted by molar-refractivity contribution is 5.93. The predicted molar refractivity (Wildman–Crippen MR) is 39.6 cm³/mol. The fourth-order valence-corrected chi connectivity index (χ4v) is 0.402. The Labute approximate surface area is 60.9 Å². The van der Waals surface area contributed by atoms with Crippen molar-refractivity contribution in [1.82, 2.24) is 0 Å². The fraction of sp³-hybridized carbons (Fsp3) is 0.625. The molecular formula is C8H13FO. The minimum absolute atomic E-state index is 0.0369. The van der Waals surface area contributed by atoms with E-state index >= 15 is 0 Å². The van der Waals surface area contributed by atoms with Gasteiger partial charge in [-0.2, -0.15) is 0 Å². The molecule has 0 aliphatic carbocycles. The molecule has 0 heterocycles. The average Bonchev–Trinajstić information content (AvgIpc) is 1.80. The zero-order valence-corrected chi connectivity index (χ0v) is 6.65. The van der Waals surface area contributed by atoms with E-state index in [0.717, 1.165) is 0 Å². The summed E-state index contributed by atoms with van der Waals surface area (Å²) in [6.45, 7) is 4.84. The molecular weight excluding hydrogens is 131 g/mol. The summed E-state index contributed by atoms with van der Waals surface area (Å²) in [6, 6.07) is 0. The summed E-state index contributed by atoms with van der Waals surface area (Å²) in [4.78, 5) is 11.0. The van der Waals surface area contributed by atoms with Gasteiger partial charge >= 0.3 is 0 Å². The lowest BCUT2D eigenvalue weighted by Gasteiger charge is -2.12. The maximum absolute atomic E-state index is 11.5. The molecule has 0 N–H and O–H groups in total. The summed E-state index contributed by atoms with van der Waals surface area (Å²) >= 11 is 0. The summed E-state index contributed by atoms with van der Waals surface area (Å²) in [7, 11) is 0. The molecule has 2 heteroatoms. The van der Waals surface area contributed by atoms with Crippen LogP contribution in [0.1, 0.15) is 20.8 Å². The zero-order chi connectivity index (χ0) is 8.20. The topological polar surface area (TPSA) is 17.1 Å². The third-order valence-electron chi connectivity index (χ3n) is 1.10. The highest BCUT2D eigenvalue weighted by Gasteiger charge is 2.17. The Bertz CT molecular complexity index is 142. The third kappa shape index (κ3) is 3.38. The molecule has 0 aliphatic heterocycles. The van der Waals surface area contributed by atoms with E-state index in [0.29, 0.717) is 0 Å². The van der Waals surface area contributed by atoms with Gasteiger partial charge in [-0.25, -0.2) is 4.39 Å². The average molecular weight is 144 g/mol. The van der Waals surface area contributed by atoms with Crippen LogP contribution in [0, 0.1) is 5.41 Å². The first kappa shape index (κ1) is 9.34. The van der Waals surface area contributed by atoms with Crippen molar-refractivity contribution >= 4 is 5.78 Å². The fourth-order valence-electron chi connectivity index (χ4n) is 0.402. The second-order valence-electron chi connectivity index (χ2n) is 3.17. The molecule has 0 aromatic heterocycles. The lowest BCUT2D eigenvalue weighted by atomic mass is 9.91. The third-order valence-corrected chi connectivity index (χ3v) is 1.10. The molecule has 0 aromatic carbocycles. The van der Waals surface area contributed by atoms with Crippen molar-refractivity contribution < 1.29 is 9.18 Å². The van der Waals surface area contributed by atoms with Crippen LogP contribution in [0.25, 0.3) is 0 Å². The van der Waals surface area contributed by atoms with Gasteiger partial charge in [0, 0.05) is 5.41 Å². The molecule has 0 aliphatic rings. The van der Waals surface area contributed by atoms with E-state index in [2.05, 4.69) is 0 Å². The number of hydrogen-bond acceptors (Lipinski definition) is 1. The van der Waals surface area contributed by atoms with Crippen molar-refractivity contribution in [2.24, 2.45) is 5.41 Å². The molecule has 0 aromatic rings. The van der Waals surface area contributed by atoms with Crippen LogP contribution in [0.4, 0.5) is 4.39 Å². The number of halogens is 1. The van der Waals surface area contributed by atoms with E-state index in [4.69, 9.17) is 0 Å². The smallest absolute Gasteiger partial charge is 0.160 e. The zero-order valence-electron chi connectivity index (χ0n) is 6.65. The molecule has 0 bridgehead atoms. The predicted octanol–water partition coefficient (Wildman–Crippen LogP) is 2.13. The van der Waals surface area contributed by atoms with Gasteiger partial charge in [-0.3, -0.25) is 4.79 Å². The van der Waals surface area contributed by atoms with Crippen molar-refractivity contribution in [3.05, 3.63) is 12.2 Å². The van der Waals surface area contributed by atoms with Gasteiger partial charge in [-0.1, -0.05) is 26.8 Å². The van der Waals surface area contributed by atoms with Crippen molar-refractivity contribution in [3.63, 3.8) is 0 Å². The summed E-state index contributed by atoms with van der Waals surface area (Å²) in [5, 5.41) is 0. The van der Waals surface area contributed by atoms with E-state index in [-0.39, 0.29) is 11.2 Å². The van der Waals surface area contributed by atoms with Crippen LogP contribution in [-0.4, -0.2) is 12.5 Å². The number of carbonyl (C=O) groups excluding carboxylic acids is 1. The van der Waals surface area contributed by atoms with Gasteiger partial charge in [-0.05, 0) is 6.08 Å². The normalized spacial score (nSPS) is 12.4. The molecule has 0 rings (SSSR count). The lowest BCUT2D eigenvalue weighted by molar-refractivity contribution is -0.121. The number of alkyl halides is 1. The van der Waals surface area contributed by atoms with E-state index < -0.39 is 6.67 Å². The Kier molecular flexibility index (Phi) is 3.26. The molecule has 0 saturated carbocycles. The first-order valence-electron chi connectivity index (χ1n) is 3.25. The van der Waals surface area contributed by atoms with Crippen LogP contribution in [-0.2, 0) is 4.79 Å². The summed E-state index contributed by atoms with van der Waals surface area (Å²) in [6.07, 6.45) is 2.52. The van der Waals surface area contributed by atoms with Crippen LogP contribution >= 0.6 is 0 Å². The molecule has 0 saturated heterocycles. The highest BCUT2D eigenvalue weighted by atomic mass is 19.1. The Morgan fingerprint density at radius 2 is 2.00 bits per heavy atom. The Morgan fingerprint density at radius 1 is 1.50 bits per heavy atom. The molecule has 58 valence electrons. The highest BCUT2D eigenvalue weighted by Crippen LogP contribution is 2.14. The van der Waals surface area contributed by atoms with E-state index in [1.54, 1.807) is 20.8 Å². The SMILES string of the molecule is CC(C)(C)C(=O)/C=C/CF. The largest absolute Gasteiger partial charge is 0.294 e. The van der Waals surface area contributed by atoms with Crippen LogP contribution in [0.15, 0.2) is 12.2 Å². The van der Waals surface area contributed by atoms with Crippen LogP contribution in [0.3, 0.4) is 0 Å². The summed E-state index contributed by atoms with van der Waals surface area (Å²) in [5.74, 6) is -0.0369. The molecule has 0 radical (unpaired) electrons. The Hall–Kier alpha value is -0.660. The minimum atomic E-state index is -0.568. The van der Waals surface area contributed by atoms with E-state index in [9.17, 15) is 9.18 Å². The van der Waals surface area contributed by atoms with Crippen molar-refractivity contribution in [1.29, 1.82) is 0 Å². The number of ketones is 1. The van der Waals surface area contributed by atoms with Crippen LogP contribution in [0.5, 0.6) is 0 Å². The van der Waals surface area contributed by atoms with Gasteiger partial charge in [0.15, 0.2) is 5.78 Å². The quantitative estimate of drug-likeness (QED) is 0.542. The first-order chi connectivity index (χ1) is 4.48. The molecule has 0 amide bonds. The van der Waals surface area contributed by atoms with Crippen molar-refractivity contribution in [2.75, 3.05) is 6.67 Å². The van der Waals surface area contributed by atoms with Gasteiger partial charge in [0.05, 0.1) is 0 Å². The molecule has 1 nitrogen and oxygen atoms in total. The number of allylic oxidation sites excluding steroid dienone is 2. The molecule has 0 unspecified atom stereocenters. The second-order valence-corrected chi connectivity index (χ2v) is 3.17. The second kappa shape index (κ2) is 3.49. The standard InChI is InChI=1S/C8H13FO/c1-8(2,3)7(10)5-4-6-9/h4-5H,6H2,1-3H3/b5-4+. The Balaban J connectivity index is 3.98.